The summed E-state index contributed by atoms with van der Waals surface area (Å²) in [6.45, 7) is 0.0958. The molecule has 16 heavy (non-hydrogen) atoms. The molecule has 2 aliphatic rings. The van der Waals surface area contributed by atoms with Crippen LogP contribution in [0.3, 0.4) is 0 Å². The molecule has 86 valence electrons. The fraction of sp³-hybridized carbons (Fsp3) is 0.643. The lowest BCUT2D eigenvalue weighted by Crippen LogP contribution is -2.01. The summed E-state index contributed by atoms with van der Waals surface area (Å²) in [5.41, 5.74) is 3.68. The first kappa shape index (κ1) is 10.3. The second-order valence-corrected chi connectivity index (χ2v) is 5.35. The Labute approximate surface area is 96.7 Å². The third-order valence-electron chi connectivity index (χ3n) is 4.07. The van der Waals surface area contributed by atoms with Crippen LogP contribution in [0, 0.1) is 11.8 Å². The van der Waals surface area contributed by atoms with E-state index in [0.717, 1.165) is 24.0 Å². The van der Waals surface area contributed by atoms with Gasteiger partial charge in [0.1, 0.15) is 0 Å². The molecule has 1 fully saturated rings. The highest BCUT2D eigenvalue weighted by molar-refractivity contribution is 5.34. The first-order valence-electron chi connectivity index (χ1n) is 6.43. The summed E-state index contributed by atoms with van der Waals surface area (Å²) in [7, 11) is 0. The number of aliphatic hydroxyl groups is 1. The van der Waals surface area contributed by atoms with Gasteiger partial charge in [0, 0.05) is 6.20 Å². The minimum absolute atomic E-state index is 0.0958. The highest BCUT2D eigenvalue weighted by Crippen LogP contribution is 2.38. The Morgan fingerprint density at radius 1 is 1.19 bits per heavy atom. The van der Waals surface area contributed by atoms with Crippen molar-refractivity contribution in [2.45, 2.75) is 45.1 Å². The number of pyridine rings is 1. The summed E-state index contributed by atoms with van der Waals surface area (Å²) in [4.78, 5) is 4.26. The molecule has 0 aromatic carbocycles. The van der Waals surface area contributed by atoms with Crippen molar-refractivity contribution in [1.82, 2.24) is 4.98 Å². The Balaban J connectivity index is 1.67. The molecule has 2 aliphatic carbocycles. The second kappa shape index (κ2) is 4.17. The van der Waals surface area contributed by atoms with Gasteiger partial charge >= 0.3 is 0 Å². The predicted molar refractivity (Wildman–Crippen MR) is 63.0 cm³/mol. The Morgan fingerprint density at radius 2 is 2.00 bits per heavy atom. The molecular weight excluding hydrogens is 198 g/mol. The minimum atomic E-state index is 0.0958. The number of hydrogen-bond acceptors (Lipinski definition) is 2. The maximum atomic E-state index is 9.25. The van der Waals surface area contributed by atoms with Gasteiger partial charge < -0.3 is 5.11 Å². The molecule has 0 aliphatic heterocycles. The molecule has 0 radical (unpaired) electrons. The van der Waals surface area contributed by atoms with Crippen LogP contribution in [0.1, 0.15) is 42.5 Å². The monoisotopic (exact) mass is 217 g/mol. The smallest absolute Gasteiger partial charge is 0.0855 e. The Bertz CT molecular complexity index is 384. The van der Waals surface area contributed by atoms with Gasteiger partial charge in [0.2, 0.25) is 0 Å². The average Bonchev–Trinajstić information content (AvgIpc) is 3.04. The molecule has 1 aromatic heterocycles. The van der Waals surface area contributed by atoms with Crippen LogP contribution in [0.4, 0.5) is 0 Å². The van der Waals surface area contributed by atoms with Gasteiger partial charge in [-0.15, -0.1) is 0 Å². The van der Waals surface area contributed by atoms with E-state index in [1.54, 1.807) is 0 Å². The van der Waals surface area contributed by atoms with Gasteiger partial charge in [0.15, 0.2) is 0 Å². The summed E-state index contributed by atoms with van der Waals surface area (Å²) < 4.78 is 0. The molecule has 0 spiro atoms. The van der Waals surface area contributed by atoms with Crippen molar-refractivity contribution in [1.29, 1.82) is 0 Å². The Kier molecular flexibility index (Phi) is 2.68. The summed E-state index contributed by atoms with van der Waals surface area (Å²) in [6.07, 6.45) is 9.90. The molecule has 0 amide bonds. The fourth-order valence-corrected chi connectivity index (χ4v) is 2.91. The van der Waals surface area contributed by atoms with E-state index in [4.69, 9.17) is 0 Å². The lowest BCUT2D eigenvalue weighted by molar-refractivity contribution is 0.275. The summed E-state index contributed by atoms with van der Waals surface area (Å²) in [5, 5.41) is 9.25. The van der Waals surface area contributed by atoms with Crippen LogP contribution < -0.4 is 0 Å². The van der Waals surface area contributed by atoms with Crippen molar-refractivity contribution in [2.24, 2.45) is 11.8 Å². The zero-order valence-corrected chi connectivity index (χ0v) is 9.65. The van der Waals surface area contributed by atoms with Crippen molar-refractivity contribution in [3.8, 4) is 0 Å². The van der Waals surface area contributed by atoms with Crippen LogP contribution in [-0.4, -0.2) is 10.1 Å². The Morgan fingerprint density at radius 3 is 2.75 bits per heavy atom. The number of nitrogens with zero attached hydrogens (tertiary/aromatic N) is 1. The fourth-order valence-electron chi connectivity index (χ4n) is 2.91. The largest absolute Gasteiger partial charge is 0.390 e. The minimum Gasteiger partial charge on any atom is -0.390 e. The van der Waals surface area contributed by atoms with Crippen LogP contribution in [-0.2, 0) is 19.4 Å². The lowest BCUT2D eigenvalue weighted by atomic mass is 9.98. The molecule has 2 heteroatoms. The van der Waals surface area contributed by atoms with Crippen molar-refractivity contribution in [3.05, 3.63) is 29.1 Å². The third-order valence-corrected chi connectivity index (χ3v) is 4.07. The maximum absolute atomic E-state index is 9.25. The summed E-state index contributed by atoms with van der Waals surface area (Å²) >= 11 is 0. The van der Waals surface area contributed by atoms with Gasteiger partial charge in [-0.25, -0.2) is 0 Å². The standard InChI is InChI=1S/C14H19NO/c16-9-14-13-8-11(4-3-10-1-2-10)7-12(13)5-6-15-14/h5-6,10-11,16H,1-4,7-9H2/t11-/m1/s1. The summed E-state index contributed by atoms with van der Waals surface area (Å²) in [5.74, 6) is 1.85. The van der Waals surface area contributed by atoms with Crippen LogP contribution >= 0.6 is 0 Å². The molecule has 2 nitrogen and oxygen atoms in total. The molecule has 0 unspecified atom stereocenters. The van der Waals surface area contributed by atoms with Crippen molar-refractivity contribution in [3.63, 3.8) is 0 Å². The zero-order valence-electron chi connectivity index (χ0n) is 9.65. The van der Waals surface area contributed by atoms with E-state index in [2.05, 4.69) is 11.1 Å². The summed E-state index contributed by atoms with van der Waals surface area (Å²) in [6, 6.07) is 2.13. The number of rotatable bonds is 4. The number of hydrogen-bond donors (Lipinski definition) is 1. The highest BCUT2D eigenvalue weighted by Gasteiger charge is 2.27. The van der Waals surface area contributed by atoms with Crippen LogP contribution in [0.15, 0.2) is 12.3 Å². The number of aromatic nitrogens is 1. The van der Waals surface area contributed by atoms with E-state index in [1.165, 1.54) is 43.2 Å². The van der Waals surface area contributed by atoms with Crippen LogP contribution in [0.2, 0.25) is 0 Å². The molecule has 1 saturated carbocycles. The molecule has 1 heterocycles. The predicted octanol–water partition coefficient (Wildman–Crippen LogP) is 2.48. The van der Waals surface area contributed by atoms with E-state index in [0.29, 0.717) is 0 Å². The zero-order chi connectivity index (χ0) is 11.0. The van der Waals surface area contributed by atoms with Crippen molar-refractivity contribution >= 4 is 0 Å². The lowest BCUT2D eigenvalue weighted by Gasteiger charge is -2.07. The van der Waals surface area contributed by atoms with E-state index < -0.39 is 0 Å². The molecular formula is C14H19NO. The third kappa shape index (κ3) is 1.99. The normalized spacial score (nSPS) is 23.4. The van der Waals surface area contributed by atoms with Gasteiger partial charge in [0.25, 0.3) is 0 Å². The topological polar surface area (TPSA) is 33.1 Å². The molecule has 1 N–H and O–H groups in total. The van der Waals surface area contributed by atoms with E-state index in [-0.39, 0.29) is 6.61 Å². The average molecular weight is 217 g/mol. The molecule has 3 rings (SSSR count). The van der Waals surface area contributed by atoms with Gasteiger partial charge in [0.05, 0.1) is 12.3 Å². The van der Waals surface area contributed by atoms with Gasteiger partial charge in [-0.05, 0) is 48.3 Å². The van der Waals surface area contributed by atoms with Crippen LogP contribution in [0.5, 0.6) is 0 Å². The van der Waals surface area contributed by atoms with Crippen molar-refractivity contribution < 1.29 is 5.11 Å². The van der Waals surface area contributed by atoms with E-state index >= 15 is 0 Å². The van der Waals surface area contributed by atoms with Gasteiger partial charge in [-0.1, -0.05) is 19.3 Å². The number of fused-ring (bicyclic) bond motifs is 1. The molecule has 0 saturated heterocycles. The Hall–Kier alpha value is -0.890. The first-order valence-corrected chi connectivity index (χ1v) is 6.43. The van der Waals surface area contributed by atoms with Crippen LogP contribution in [0.25, 0.3) is 0 Å². The highest BCUT2D eigenvalue weighted by atomic mass is 16.3. The quantitative estimate of drug-likeness (QED) is 0.840. The maximum Gasteiger partial charge on any atom is 0.0855 e. The first-order chi connectivity index (χ1) is 7.86. The van der Waals surface area contributed by atoms with Crippen molar-refractivity contribution in [2.75, 3.05) is 0 Å². The molecule has 1 aromatic rings. The molecule has 1 atom stereocenters. The SMILES string of the molecule is OCc1nccc2c1C[C@H](CCC1CC1)C2. The van der Waals surface area contributed by atoms with Gasteiger partial charge in [-0.3, -0.25) is 4.98 Å². The second-order valence-electron chi connectivity index (χ2n) is 5.35. The molecule has 0 bridgehead atoms. The van der Waals surface area contributed by atoms with E-state index in [9.17, 15) is 5.11 Å². The van der Waals surface area contributed by atoms with E-state index in [1.807, 2.05) is 6.20 Å². The van der Waals surface area contributed by atoms with Gasteiger partial charge in [-0.2, -0.15) is 0 Å². The number of aliphatic hydroxyl groups excluding tert-OH is 1.